The van der Waals surface area contributed by atoms with Crippen LogP contribution in [-0.4, -0.2) is 18.7 Å². The molecule has 0 amide bonds. The Labute approximate surface area is 151 Å². The SMILES string of the molecule is CCCCOc1ccc(C(=O)OC2CCC(C#N)(CCC)CC2)cc1. The Hall–Kier alpha value is -2.02. The van der Waals surface area contributed by atoms with Crippen molar-refractivity contribution in [2.75, 3.05) is 6.61 Å². The van der Waals surface area contributed by atoms with Crippen LogP contribution in [0.5, 0.6) is 5.75 Å². The van der Waals surface area contributed by atoms with E-state index < -0.39 is 0 Å². The Morgan fingerprint density at radius 2 is 1.88 bits per heavy atom. The van der Waals surface area contributed by atoms with Crippen LogP contribution in [0.15, 0.2) is 24.3 Å². The van der Waals surface area contributed by atoms with Crippen LogP contribution in [0, 0.1) is 16.7 Å². The minimum Gasteiger partial charge on any atom is -0.494 e. The summed E-state index contributed by atoms with van der Waals surface area (Å²) in [5.74, 6) is 0.492. The first-order valence-corrected chi connectivity index (χ1v) is 9.47. The molecule has 0 heterocycles. The van der Waals surface area contributed by atoms with Crippen LogP contribution < -0.4 is 4.74 Å². The van der Waals surface area contributed by atoms with E-state index in [2.05, 4.69) is 19.9 Å². The third-order valence-electron chi connectivity index (χ3n) is 4.99. The molecule has 1 saturated carbocycles. The summed E-state index contributed by atoms with van der Waals surface area (Å²) >= 11 is 0. The summed E-state index contributed by atoms with van der Waals surface area (Å²) in [7, 11) is 0. The summed E-state index contributed by atoms with van der Waals surface area (Å²) in [6.07, 6.45) is 7.18. The topological polar surface area (TPSA) is 59.3 Å². The molecule has 0 atom stereocenters. The van der Waals surface area contributed by atoms with Gasteiger partial charge in [0.15, 0.2) is 0 Å². The predicted molar refractivity (Wildman–Crippen MR) is 97.5 cm³/mol. The van der Waals surface area contributed by atoms with Crippen molar-refractivity contribution in [1.82, 2.24) is 0 Å². The van der Waals surface area contributed by atoms with Crippen molar-refractivity contribution in [2.45, 2.75) is 71.3 Å². The van der Waals surface area contributed by atoms with Crippen molar-refractivity contribution in [3.63, 3.8) is 0 Å². The van der Waals surface area contributed by atoms with E-state index in [4.69, 9.17) is 9.47 Å². The van der Waals surface area contributed by atoms with Gasteiger partial charge in [0, 0.05) is 0 Å². The van der Waals surface area contributed by atoms with Gasteiger partial charge in [0.2, 0.25) is 0 Å². The third-order valence-corrected chi connectivity index (χ3v) is 4.99. The highest BCUT2D eigenvalue weighted by atomic mass is 16.5. The smallest absolute Gasteiger partial charge is 0.338 e. The fourth-order valence-corrected chi connectivity index (χ4v) is 3.40. The fourth-order valence-electron chi connectivity index (χ4n) is 3.40. The van der Waals surface area contributed by atoms with E-state index in [-0.39, 0.29) is 17.5 Å². The highest BCUT2D eigenvalue weighted by molar-refractivity contribution is 5.89. The van der Waals surface area contributed by atoms with Crippen LogP contribution in [0.4, 0.5) is 0 Å². The maximum atomic E-state index is 12.3. The molecule has 1 aliphatic carbocycles. The zero-order valence-electron chi connectivity index (χ0n) is 15.4. The van der Waals surface area contributed by atoms with Gasteiger partial charge in [0.25, 0.3) is 0 Å². The predicted octanol–water partition coefficient (Wildman–Crippen LogP) is 5.27. The molecule has 0 N–H and O–H groups in total. The number of carbonyl (C=O) groups is 1. The minimum absolute atomic E-state index is 0.0775. The average molecular weight is 343 g/mol. The van der Waals surface area contributed by atoms with Crippen molar-refractivity contribution in [1.29, 1.82) is 5.26 Å². The summed E-state index contributed by atoms with van der Waals surface area (Å²) in [5, 5.41) is 9.45. The van der Waals surface area contributed by atoms with Crippen molar-refractivity contribution in [3.05, 3.63) is 29.8 Å². The minimum atomic E-state index is -0.287. The van der Waals surface area contributed by atoms with Crippen molar-refractivity contribution >= 4 is 5.97 Å². The maximum Gasteiger partial charge on any atom is 0.338 e. The summed E-state index contributed by atoms with van der Waals surface area (Å²) in [6.45, 7) is 4.93. The molecule has 0 aromatic heterocycles. The van der Waals surface area contributed by atoms with E-state index in [1.165, 1.54) is 0 Å². The van der Waals surface area contributed by atoms with E-state index in [0.717, 1.165) is 57.1 Å². The fraction of sp³-hybridized carbons (Fsp3) is 0.619. The molecule has 2 rings (SSSR count). The molecule has 1 aliphatic rings. The highest BCUT2D eigenvalue weighted by Crippen LogP contribution is 2.40. The van der Waals surface area contributed by atoms with Crippen molar-refractivity contribution in [2.24, 2.45) is 5.41 Å². The van der Waals surface area contributed by atoms with E-state index in [1.807, 2.05) is 12.1 Å². The Morgan fingerprint density at radius 1 is 1.20 bits per heavy atom. The molecule has 0 spiro atoms. The van der Waals surface area contributed by atoms with Gasteiger partial charge in [-0.1, -0.05) is 26.7 Å². The average Bonchev–Trinajstić information content (AvgIpc) is 2.64. The number of ether oxygens (including phenoxy) is 2. The first-order valence-electron chi connectivity index (χ1n) is 9.47. The van der Waals surface area contributed by atoms with Gasteiger partial charge in [0.1, 0.15) is 11.9 Å². The molecule has 4 heteroatoms. The lowest BCUT2D eigenvalue weighted by molar-refractivity contribution is 0.0106. The lowest BCUT2D eigenvalue weighted by Gasteiger charge is -2.34. The number of hydrogen-bond donors (Lipinski definition) is 0. The molecule has 136 valence electrons. The molecule has 1 aromatic rings. The van der Waals surface area contributed by atoms with Gasteiger partial charge < -0.3 is 9.47 Å². The van der Waals surface area contributed by atoms with Crippen molar-refractivity contribution in [3.8, 4) is 11.8 Å². The largest absolute Gasteiger partial charge is 0.494 e. The first-order chi connectivity index (χ1) is 12.1. The van der Waals surface area contributed by atoms with Crippen LogP contribution in [0.3, 0.4) is 0 Å². The number of esters is 1. The summed E-state index contributed by atoms with van der Waals surface area (Å²) in [4.78, 5) is 12.3. The molecule has 0 saturated heterocycles. The second-order valence-electron chi connectivity index (χ2n) is 6.97. The highest BCUT2D eigenvalue weighted by Gasteiger charge is 2.36. The van der Waals surface area contributed by atoms with Gasteiger partial charge >= 0.3 is 5.97 Å². The standard InChI is InChI=1S/C21H29NO3/c1-3-5-15-24-18-8-6-17(7-9-18)20(23)25-19-10-13-21(16-22,12-4-2)14-11-19/h6-9,19H,3-5,10-15H2,1-2H3. The molecule has 0 bridgehead atoms. The Kier molecular flexibility index (Phi) is 7.31. The summed E-state index contributed by atoms with van der Waals surface area (Å²) in [6, 6.07) is 9.63. The second-order valence-corrected chi connectivity index (χ2v) is 6.97. The Morgan fingerprint density at radius 3 is 2.44 bits per heavy atom. The van der Waals surface area contributed by atoms with Gasteiger partial charge in [-0.3, -0.25) is 0 Å². The molecule has 25 heavy (non-hydrogen) atoms. The number of benzene rings is 1. The van der Waals surface area contributed by atoms with E-state index in [0.29, 0.717) is 12.2 Å². The quantitative estimate of drug-likeness (QED) is 0.476. The number of carbonyl (C=O) groups excluding carboxylic acids is 1. The Bertz CT molecular complexity index is 580. The van der Waals surface area contributed by atoms with Crippen LogP contribution in [0.2, 0.25) is 0 Å². The lowest BCUT2D eigenvalue weighted by Crippen LogP contribution is -2.31. The summed E-state index contributed by atoms with van der Waals surface area (Å²) < 4.78 is 11.2. The van der Waals surface area contributed by atoms with Crippen LogP contribution in [0.25, 0.3) is 0 Å². The molecule has 4 nitrogen and oxygen atoms in total. The van der Waals surface area contributed by atoms with Gasteiger partial charge in [-0.2, -0.15) is 5.26 Å². The summed E-state index contributed by atoms with van der Waals surface area (Å²) in [5.41, 5.74) is 0.336. The van der Waals surface area contributed by atoms with E-state index in [1.54, 1.807) is 12.1 Å². The van der Waals surface area contributed by atoms with Gasteiger partial charge in [-0.05, 0) is 62.8 Å². The molecule has 1 aromatic carbocycles. The Balaban J connectivity index is 1.83. The van der Waals surface area contributed by atoms with Gasteiger partial charge in [0.05, 0.1) is 23.7 Å². The van der Waals surface area contributed by atoms with Gasteiger partial charge in [-0.15, -0.1) is 0 Å². The van der Waals surface area contributed by atoms with Crippen molar-refractivity contribution < 1.29 is 14.3 Å². The lowest BCUT2D eigenvalue weighted by atomic mass is 9.71. The molecular weight excluding hydrogens is 314 g/mol. The number of rotatable bonds is 8. The zero-order chi connectivity index (χ0) is 18.1. The maximum absolute atomic E-state index is 12.3. The van der Waals surface area contributed by atoms with Crippen LogP contribution in [0.1, 0.15) is 75.6 Å². The third kappa shape index (κ3) is 5.49. The number of unbranched alkanes of at least 4 members (excludes halogenated alkanes) is 1. The monoisotopic (exact) mass is 343 g/mol. The number of nitrogens with zero attached hydrogens (tertiary/aromatic N) is 1. The second kappa shape index (κ2) is 9.46. The zero-order valence-corrected chi connectivity index (χ0v) is 15.4. The number of nitriles is 1. The first kappa shape index (κ1) is 19.3. The molecule has 0 radical (unpaired) electrons. The van der Waals surface area contributed by atoms with Crippen LogP contribution >= 0.6 is 0 Å². The van der Waals surface area contributed by atoms with E-state index in [9.17, 15) is 10.1 Å². The molecule has 0 aliphatic heterocycles. The van der Waals surface area contributed by atoms with Gasteiger partial charge in [-0.25, -0.2) is 4.79 Å². The molecule has 0 unspecified atom stereocenters. The molecular formula is C21H29NO3. The molecule has 1 fully saturated rings. The van der Waals surface area contributed by atoms with Crippen LogP contribution in [-0.2, 0) is 4.74 Å². The number of hydrogen-bond acceptors (Lipinski definition) is 4. The normalized spacial score (nSPS) is 22.8. The van der Waals surface area contributed by atoms with E-state index >= 15 is 0 Å².